The first-order valence-corrected chi connectivity index (χ1v) is 11.5. The smallest absolute Gasteiger partial charge is 0.229 e. The predicted molar refractivity (Wildman–Crippen MR) is 135 cm³/mol. The number of nitrogens with zero attached hydrogens (tertiary/aromatic N) is 3. The van der Waals surface area contributed by atoms with Gasteiger partial charge in [0, 0.05) is 19.5 Å². The Labute approximate surface area is 200 Å². The van der Waals surface area contributed by atoms with E-state index in [1.54, 1.807) is 14.2 Å². The highest BCUT2D eigenvalue weighted by Gasteiger charge is 2.23. The Hall–Kier alpha value is -2.35. The highest BCUT2D eigenvalue weighted by molar-refractivity contribution is 7.22. The number of amides is 1. The fourth-order valence-corrected chi connectivity index (χ4v) is 4.65. The van der Waals surface area contributed by atoms with E-state index in [0.717, 1.165) is 41.2 Å². The summed E-state index contributed by atoms with van der Waals surface area (Å²) in [5.41, 5.74) is 1.89. The molecule has 3 aromatic rings. The summed E-state index contributed by atoms with van der Waals surface area (Å²) in [7, 11) is 3.27. The van der Waals surface area contributed by atoms with Crippen molar-refractivity contribution in [3.05, 3.63) is 48.0 Å². The van der Waals surface area contributed by atoms with Gasteiger partial charge in [0.1, 0.15) is 21.7 Å². The lowest BCUT2D eigenvalue weighted by atomic mass is 10.1. The molecule has 0 aliphatic heterocycles. The molecule has 0 spiro atoms. The van der Waals surface area contributed by atoms with Crippen LogP contribution in [0.15, 0.2) is 42.5 Å². The zero-order chi connectivity index (χ0) is 22.2. The van der Waals surface area contributed by atoms with E-state index < -0.39 is 0 Å². The second-order valence-electron chi connectivity index (χ2n) is 7.20. The molecule has 0 aliphatic rings. The number of aryl methyl sites for hydroxylation is 1. The molecule has 3 rings (SSSR count). The minimum absolute atomic E-state index is 0. The van der Waals surface area contributed by atoms with Crippen molar-refractivity contribution in [1.82, 2.24) is 9.88 Å². The highest BCUT2D eigenvalue weighted by Crippen LogP contribution is 2.40. The minimum Gasteiger partial charge on any atom is -0.495 e. The quantitative estimate of drug-likeness (QED) is 0.387. The van der Waals surface area contributed by atoms with Gasteiger partial charge in [-0.2, -0.15) is 0 Å². The molecule has 8 heteroatoms. The lowest BCUT2D eigenvalue weighted by molar-refractivity contribution is -0.118. The topological polar surface area (TPSA) is 54.9 Å². The van der Waals surface area contributed by atoms with Crippen molar-refractivity contribution in [2.45, 2.75) is 26.7 Å². The molecule has 0 unspecified atom stereocenters. The minimum atomic E-state index is 0. The van der Waals surface area contributed by atoms with Crippen LogP contribution in [-0.2, 0) is 11.2 Å². The SMILES string of the molecule is CCN(CC)CCN(C(=O)CCc1ccccc1)c1nc2c(OC)ccc(OC)c2s1.Cl. The first kappa shape index (κ1) is 25.9. The number of rotatable bonds is 11. The van der Waals surface area contributed by atoms with Gasteiger partial charge in [0.2, 0.25) is 5.91 Å². The van der Waals surface area contributed by atoms with Crippen LogP contribution in [0.2, 0.25) is 0 Å². The van der Waals surface area contributed by atoms with Gasteiger partial charge in [-0.25, -0.2) is 4.98 Å². The van der Waals surface area contributed by atoms with Gasteiger partial charge < -0.3 is 14.4 Å². The van der Waals surface area contributed by atoms with Crippen LogP contribution in [0.25, 0.3) is 10.2 Å². The second kappa shape index (κ2) is 12.6. The average molecular weight is 478 g/mol. The number of thiazole rings is 1. The fourth-order valence-electron chi connectivity index (χ4n) is 3.53. The Morgan fingerprint density at radius 1 is 0.969 bits per heavy atom. The summed E-state index contributed by atoms with van der Waals surface area (Å²) in [5, 5.41) is 0.683. The molecule has 0 saturated heterocycles. The van der Waals surface area contributed by atoms with Crippen molar-refractivity contribution < 1.29 is 14.3 Å². The number of halogens is 1. The molecular weight excluding hydrogens is 446 g/mol. The van der Waals surface area contributed by atoms with Crippen molar-refractivity contribution in [2.24, 2.45) is 0 Å². The summed E-state index contributed by atoms with van der Waals surface area (Å²) < 4.78 is 11.9. The Morgan fingerprint density at radius 3 is 2.25 bits per heavy atom. The standard InChI is InChI=1S/C24H31N3O3S.ClH/c1-5-26(6-2)16-17-27(21(28)15-12-18-10-8-7-9-11-18)24-25-22-19(29-3)13-14-20(30-4)23(22)31-24;/h7-11,13-14H,5-6,12,15-17H2,1-4H3;1H. The summed E-state index contributed by atoms with van der Waals surface area (Å²) in [5.74, 6) is 1.49. The molecule has 0 fully saturated rings. The fraction of sp³-hybridized carbons (Fsp3) is 0.417. The first-order valence-electron chi connectivity index (χ1n) is 10.7. The molecule has 0 bridgehead atoms. The van der Waals surface area contributed by atoms with E-state index in [-0.39, 0.29) is 18.3 Å². The highest BCUT2D eigenvalue weighted by atomic mass is 35.5. The van der Waals surface area contributed by atoms with Gasteiger partial charge in [-0.05, 0) is 37.2 Å². The van der Waals surface area contributed by atoms with Gasteiger partial charge in [-0.3, -0.25) is 9.69 Å². The number of benzene rings is 2. The lowest BCUT2D eigenvalue weighted by Gasteiger charge is -2.24. The maximum absolute atomic E-state index is 13.3. The van der Waals surface area contributed by atoms with Crippen LogP contribution in [0.5, 0.6) is 11.5 Å². The third-order valence-electron chi connectivity index (χ3n) is 5.44. The van der Waals surface area contributed by atoms with E-state index >= 15 is 0 Å². The third kappa shape index (κ3) is 6.12. The van der Waals surface area contributed by atoms with Gasteiger partial charge in [-0.1, -0.05) is 55.5 Å². The summed E-state index contributed by atoms with van der Waals surface area (Å²) in [6.07, 6.45) is 1.14. The molecule has 0 saturated carbocycles. The van der Waals surface area contributed by atoms with Gasteiger partial charge in [-0.15, -0.1) is 12.4 Å². The molecule has 174 valence electrons. The summed E-state index contributed by atoms with van der Waals surface area (Å²) in [6, 6.07) is 13.8. The van der Waals surface area contributed by atoms with Gasteiger partial charge in [0.05, 0.1) is 14.2 Å². The second-order valence-corrected chi connectivity index (χ2v) is 8.18. The maximum Gasteiger partial charge on any atom is 0.229 e. The maximum atomic E-state index is 13.3. The van der Waals surface area contributed by atoms with Crippen LogP contribution in [-0.4, -0.2) is 56.2 Å². The molecule has 2 aromatic carbocycles. The van der Waals surface area contributed by atoms with Crippen molar-refractivity contribution in [3.63, 3.8) is 0 Å². The summed E-state index contributed by atoms with van der Waals surface area (Å²) in [6.45, 7) is 7.57. The van der Waals surface area contributed by atoms with Gasteiger partial charge in [0.25, 0.3) is 0 Å². The number of carbonyl (C=O) groups excluding carboxylic acids is 1. The number of anilines is 1. The number of aromatic nitrogens is 1. The molecule has 6 nitrogen and oxygen atoms in total. The molecule has 32 heavy (non-hydrogen) atoms. The number of carbonyl (C=O) groups is 1. The molecule has 1 aromatic heterocycles. The Morgan fingerprint density at radius 2 is 1.62 bits per heavy atom. The van der Waals surface area contributed by atoms with E-state index in [1.165, 1.54) is 11.3 Å². The predicted octanol–water partition coefficient (Wildman–Crippen LogP) is 5.04. The monoisotopic (exact) mass is 477 g/mol. The molecule has 0 radical (unpaired) electrons. The molecule has 0 aliphatic carbocycles. The Kier molecular flexibility index (Phi) is 10.2. The van der Waals surface area contributed by atoms with Crippen LogP contribution in [0.4, 0.5) is 5.13 Å². The van der Waals surface area contributed by atoms with Crippen LogP contribution >= 0.6 is 23.7 Å². The van der Waals surface area contributed by atoms with Gasteiger partial charge >= 0.3 is 0 Å². The van der Waals surface area contributed by atoms with Crippen molar-refractivity contribution in [2.75, 3.05) is 45.3 Å². The van der Waals surface area contributed by atoms with E-state index in [0.29, 0.717) is 30.3 Å². The van der Waals surface area contributed by atoms with E-state index in [9.17, 15) is 4.79 Å². The number of hydrogen-bond acceptors (Lipinski definition) is 6. The Balaban J connectivity index is 0.00000363. The molecule has 0 atom stereocenters. The number of fused-ring (bicyclic) bond motifs is 1. The molecule has 1 heterocycles. The van der Waals surface area contributed by atoms with E-state index in [1.807, 2.05) is 35.2 Å². The zero-order valence-electron chi connectivity index (χ0n) is 19.2. The zero-order valence-corrected chi connectivity index (χ0v) is 20.8. The van der Waals surface area contributed by atoms with Crippen molar-refractivity contribution in [1.29, 1.82) is 0 Å². The number of likely N-dealkylation sites (N-methyl/N-ethyl adjacent to an activating group) is 1. The van der Waals surface area contributed by atoms with E-state index in [4.69, 9.17) is 14.5 Å². The molecular formula is C24H32ClN3O3S. The van der Waals surface area contributed by atoms with Crippen molar-refractivity contribution >= 4 is 45.0 Å². The summed E-state index contributed by atoms with van der Waals surface area (Å²) in [4.78, 5) is 22.2. The van der Waals surface area contributed by atoms with Crippen molar-refractivity contribution in [3.8, 4) is 11.5 Å². The number of hydrogen-bond donors (Lipinski definition) is 0. The number of methoxy groups -OCH3 is 2. The number of ether oxygens (including phenoxy) is 2. The first-order chi connectivity index (χ1) is 15.1. The largest absolute Gasteiger partial charge is 0.495 e. The molecule has 0 N–H and O–H groups in total. The summed E-state index contributed by atoms with van der Waals surface area (Å²) >= 11 is 1.47. The normalized spacial score (nSPS) is 10.8. The molecule has 1 amide bonds. The Bertz CT molecular complexity index is 952. The van der Waals surface area contributed by atoms with Crippen LogP contribution in [0.1, 0.15) is 25.8 Å². The van der Waals surface area contributed by atoms with Gasteiger partial charge in [0.15, 0.2) is 5.13 Å². The van der Waals surface area contributed by atoms with E-state index in [2.05, 4.69) is 30.9 Å². The third-order valence-corrected chi connectivity index (χ3v) is 6.53. The average Bonchev–Trinajstić information content (AvgIpc) is 3.25. The lowest BCUT2D eigenvalue weighted by Crippen LogP contribution is -2.39. The van der Waals surface area contributed by atoms with Crippen LogP contribution < -0.4 is 14.4 Å². The van der Waals surface area contributed by atoms with Crippen LogP contribution in [0.3, 0.4) is 0 Å². The van der Waals surface area contributed by atoms with Crippen LogP contribution in [0, 0.1) is 0 Å².